The maximum absolute atomic E-state index is 12.4. The molecule has 0 aromatic carbocycles. The second-order valence-electron chi connectivity index (χ2n) is 7.58. The smallest absolute Gasteiger partial charge is 0.320 e. The number of amides is 1. The van der Waals surface area contributed by atoms with Gasteiger partial charge >= 0.3 is 6.01 Å². The van der Waals surface area contributed by atoms with Gasteiger partial charge in [0.1, 0.15) is 11.6 Å². The molecular formula is C20H33N5O2. The third kappa shape index (κ3) is 5.31. The molecule has 150 valence electrons. The fourth-order valence-corrected chi connectivity index (χ4v) is 3.79. The molecule has 3 heterocycles. The summed E-state index contributed by atoms with van der Waals surface area (Å²) in [7, 11) is 0. The highest BCUT2D eigenvalue weighted by atomic mass is 16.5. The molecule has 7 nitrogen and oxygen atoms in total. The first kappa shape index (κ1) is 19.9. The van der Waals surface area contributed by atoms with E-state index in [0.717, 1.165) is 31.2 Å². The number of nitrogen functional groups attached to an aromatic ring is 1. The van der Waals surface area contributed by atoms with Crippen LogP contribution >= 0.6 is 0 Å². The maximum Gasteiger partial charge on any atom is 0.320 e. The average molecular weight is 376 g/mol. The monoisotopic (exact) mass is 375 g/mol. The van der Waals surface area contributed by atoms with E-state index < -0.39 is 0 Å². The van der Waals surface area contributed by atoms with Gasteiger partial charge in [-0.25, -0.2) is 0 Å². The number of anilines is 2. The Balaban J connectivity index is 1.50. The van der Waals surface area contributed by atoms with Gasteiger partial charge in [0, 0.05) is 12.1 Å². The number of unbranched alkanes of at least 4 members (excludes halogenated alkanes) is 3. The predicted octanol–water partition coefficient (Wildman–Crippen LogP) is 2.78. The number of hydrogen-bond donors (Lipinski definition) is 1. The first-order valence-corrected chi connectivity index (χ1v) is 10.5. The molecule has 7 heteroatoms. The average Bonchev–Trinajstić information content (AvgIpc) is 2.99. The van der Waals surface area contributed by atoms with E-state index in [2.05, 4.69) is 21.8 Å². The Bertz CT molecular complexity index is 631. The van der Waals surface area contributed by atoms with Crippen molar-refractivity contribution in [2.45, 2.75) is 64.7 Å². The zero-order valence-corrected chi connectivity index (χ0v) is 16.6. The van der Waals surface area contributed by atoms with E-state index in [9.17, 15) is 4.79 Å². The topological polar surface area (TPSA) is 84.6 Å². The number of hydrogen-bond acceptors (Lipinski definition) is 6. The molecule has 27 heavy (non-hydrogen) atoms. The highest BCUT2D eigenvalue weighted by molar-refractivity contribution is 6.01. The Labute approximate surface area is 162 Å². The summed E-state index contributed by atoms with van der Waals surface area (Å²) in [5.74, 6) is 1.08. The first-order chi connectivity index (χ1) is 13.2. The van der Waals surface area contributed by atoms with E-state index in [1.54, 1.807) is 4.90 Å². The zero-order valence-electron chi connectivity index (χ0n) is 16.6. The van der Waals surface area contributed by atoms with Crippen molar-refractivity contribution in [2.24, 2.45) is 0 Å². The highest BCUT2D eigenvalue weighted by Gasteiger charge is 2.31. The third-order valence-corrected chi connectivity index (χ3v) is 5.42. The lowest BCUT2D eigenvalue weighted by Gasteiger charge is -2.26. The molecule has 2 N–H and O–H groups in total. The Morgan fingerprint density at radius 3 is 2.59 bits per heavy atom. The molecule has 0 saturated carbocycles. The van der Waals surface area contributed by atoms with E-state index >= 15 is 0 Å². The lowest BCUT2D eigenvalue weighted by atomic mass is 10.1. The van der Waals surface area contributed by atoms with E-state index in [0.29, 0.717) is 31.2 Å². The van der Waals surface area contributed by atoms with Crippen molar-refractivity contribution in [3.05, 3.63) is 5.56 Å². The van der Waals surface area contributed by atoms with Crippen LogP contribution in [0, 0.1) is 0 Å². The molecule has 0 aliphatic carbocycles. The van der Waals surface area contributed by atoms with Gasteiger partial charge in [-0.3, -0.25) is 9.69 Å². The fraction of sp³-hybridized carbons (Fsp3) is 0.750. The second kappa shape index (κ2) is 9.88. The largest absolute Gasteiger partial charge is 0.463 e. The van der Waals surface area contributed by atoms with E-state index in [-0.39, 0.29) is 11.9 Å². The van der Waals surface area contributed by atoms with Crippen molar-refractivity contribution in [3.63, 3.8) is 0 Å². The summed E-state index contributed by atoms with van der Waals surface area (Å²) in [4.78, 5) is 25.4. The molecule has 0 spiro atoms. The number of likely N-dealkylation sites (tertiary alicyclic amines) is 1. The molecule has 0 radical (unpaired) electrons. The summed E-state index contributed by atoms with van der Waals surface area (Å²) in [6.45, 7) is 7.03. The van der Waals surface area contributed by atoms with Gasteiger partial charge in [0.25, 0.3) is 0 Å². The van der Waals surface area contributed by atoms with E-state index in [4.69, 9.17) is 10.5 Å². The van der Waals surface area contributed by atoms with Crippen LogP contribution in [0.5, 0.6) is 6.01 Å². The van der Waals surface area contributed by atoms with Crippen LogP contribution in [0.25, 0.3) is 0 Å². The minimum Gasteiger partial charge on any atom is -0.463 e. The zero-order chi connectivity index (χ0) is 19.1. The van der Waals surface area contributed by atoms with Crippen LogP contribution in [0.4, 0.5) is 11.6 Å². The molecule has 0 bridgehead atoms. The molecule has 1 amide bonds. The number of fused-ring (bicyclic) bond motifs is 1. The summed E-state index contributed by atoms with van der Waals surface area (Å²) in [6, 6.07) is 0.282. The van der Waals surface area contributed by atoms with Gasteiger partial charge < -0.3 is 15.4 Å². The number of nitrogens with zero attached hydrogens (tertiary/aromatic N) is 4. The Kier molecular flexibility index (Phi) is 7.26. The lowest BCUT2D eigenvalue weighted by molar-refractivity contribution is -0.117. The van der Waals surface area contributed by atoms with Crippen molar-refractivity contribution in [3.8, 4) is 6.01 Å². The Hall–Kier alpha value is -1.89. The number of ether oxygens (including phenoxy) is 1. The molecule has 3 rings (SSSR count). The van der Waals surface area contributed by atoms with Crippen molar-refractivity contribution < 1.29 is 9.53 Å². The molecule has 2 aliphatic rings. The lowest BCUT2D eigenvalue weighted by Crippen LogP contribution is -2.31. The molecular weight excluding hydrogens is 342 g/mol. The summed E-state index contributed by atoms with van der Waals surface area (Å²) >= 11 is 0. The number of nitrogens with two attached hydrogens (primary N) is 1. The van der Waals surface area contributed by atoms with Crippen LogP contribution in [0.1, 0.15) is 63.9 Å². The van der Waals surface area contributed by atoms with Crippen LogP contribution in [-0.2, 0) is 11.2 Å². The van der Waals surface area contributed by atoms with Gasteiger partial charge in [0.2, 0.25) is 5.91 Å². The number of rotatable bonds is 10. The Morgan fingerprint density at radius 2 is 1.81 bits per heavy atom. The van der Waals surface area contributed by atoms with Gasteiger partial charge in [0.15, 0.2) is 0 Å². The van der Waals surface area contributed by atoms with Crippen LogP contribution in [0.2, 0.25) is 0 Å². The fourth-order valence-electron chi connectivity index (χ4n) is 3.79. The van der Waals surface area contributed by atoms with Crippen LogP contribution in [-0.4, -0.2) is 53.6 Å². The molecule has 1 saturated heterocycles. The summed E-state index contributed by atoms with van der Waals surface area (Å²) in [5, 5.41) is 0. The highest BCUT2D eigenvalue weighted by Crippen LogP contribution is 2.32. The molecule has 2 aliphatic heterocycles. The summed E-state index contributed by atoms with van der Waals surface area (Å²) < 4.78 is 5.60. The molecule has 0 atom stereocenters. The van der Waals surface area contributed by atoms with Crippen LogP contribution in [0.15, 0.2) is 0 Å². The SMILES string of the molecule is CCCCOc1nc(N)c2c(n1)N(CCCCCN1CCCCC1)C(=O)C2. The van der Waals surface area contributed by atoms with E-state index in [1.807, 2.05) is 0 Å². The van der Waals surface area contributed by atoms with Crippen LogP contribution < -0.4 is 15.4 Å². The van der Waals surface area contributed by atoms with Crippen molar-refractivity contribution in [1.29, 1.82) is 0 Å². The van der Waals surface area contributed by atoms with Crippen molar-refractivity contribution >= 4 is 17.5 Å². The number of aromatic nitrogens is 2. The van der Waals surface area contributed by atoms with Gasteiger partial charge in [-0.1, -0.05) is 26.2 Å². The standard InChI is InChI=1S/C20H33N5O2/c1-2-3-14-27-20-22-18(21)16-15-17(26)25(19(16)23-20)13-9-5-8-12-24-10-6-4-7-11-24/h2-15H2,1H3,(H2,21,22,23). The van der Waals surface area contributed by atoms with Gasteiger partial charge in [-0.05, 0) is 51.7 Å². The summed E-state index contributed by atoms with van der Waals surface area (Å²) in [5.41, 5.74) is 6.79. The molecule has 0 unspecified atom stereocenters. The first-order valence-electron chi connectivity index (χ1n) is 10.5. The number of carbonyl (C=O) groups excluding carboxylic acids is 1. The molecule has 1 fully saturated rings. The Morgan fingerprint density at radius 1 is 1.04 bits per heavy atom. The van der Waals surface area contributed by atoms with Gasteiger partial charge in [-0.2, -0.15) is 9.97 Å². The predicted molar refractivity (Wildman–Crippen MR) is 107 cm³/mol. The molecule has 1 aromatic heterocycles. The minimum atomic E-state index is 0.0627. The molecule has 1 aromatic rings. The second-order valence-corrected chi connectivity index (χ2v) is 7.58. The normalized spacial score (nSPS) is 17.4. The minimum absolute atomic E-state index is 0.0627. The summed E-state index contributed by atoms with van der Waals surface area (Å²) in [6.07, 6.45) is 9.62. The van der Waals surface area contributed by atoms with Gasteiger partial charge in [0.05, 0.1) is 13.0 Å². The third-order valence-electron chi connectivity index (χ3n) is 5.42. The maximum atomic E-state index is 12.4. The van der Waals surface area contributed by atoms with Gasteiger partial charge in [-0.15, -0.1) is 0 Å². The van der Waals surface area contributed by atoms with E-state index in [1.165, 1.54) is 45.3 Å². The van der Waals surface area contributed by atoms with Crippen molar-refractivity contribution in [2.75, 3.05) is 43.4 Å². The van der Waals surface area contributed by atoms with Crippen molar-refractivity contribution in [1.82, 2.24) is 14.9 Å². The number of carbonyl (C=O) groups is 1. The van der Waals surface area contributed by atoms with Crippen LogP contribution in [0.3, 0.4) is 0 Å². The number of piperidine rings is 1. The quantitative estimate of drug-likeness (QED) is 0.633.